The number of carbonyl (C=O) groups excluding carboxylic acids is 4. The molecule has 264 valence electrons. The molecule has 4 aliphatic rings. The number of anilines is 2. The van der Waals surface area contributed by atoms with Crippen molar-refractivity contribution in [2.24, 2.45) is 23.7 Å². The van der Waals surface area contributed by atoms with Gasteiger partial charge < -0.3 is 14.6 Å². The molecule has 2 heterocycles. The number of nitrogens with one attached hydrogen (secondary N) is 1. The molecule has 52 heavy (non-hydrogen) atoms. The summed E-state index contributed by atoms with van der Waals surface area (Å²) in [5.74, 6) is -4.83. The monoisotopic (exact) mass is 737 g/mol. The van der Waals surface area contributed by atoms with Crippen LogP contribution in [0.5, 0.6) is 17.2 Å². The van der Waals surface area contributed by atoms with Gasteiger partial charge in [-0.2, -0.15) is 5.01 Å². The van der Waals surface area contributed by atoms with Crippen molar-refractivity contribution in [1.82, 2.24) is 5.01 Å². The van der Waals surface area contributed by atoms with Crippen LogP contribution in [0.1, 0.15) is 29.9 Å². The lowest BCUT2D eigenvalue weighted by Crippen LogP contribution is -2.53. The van der Waals surface area contributed by atoms with Gasteiger partial charge in [-0.15, -0.1) is 0 Å². The molecule has 0 aromatic heterocycles. The van der Waals surface area contributed by atoms with Gasteiger partial charge >= 0.3 is 0 Å². The molecule has 8 rings (SSSR count). The van der Waals surface area contributed by atoms with Crippen molar-refractivity contribution in [3.63, 3.8) is 0 Å². The van der Waals surface area contributed by atoms with Crippen LogP contribution in [0.25, 0.3) is 0 Å². The number of phenolic OH excluding ortho intramolecular Hbond substituents is 1. The number of aromatic hydroxyl groups is 1. The minimum atomic E-state index is -1.54. The highest BCUT2D eigenvalue weighted by molar-refractivity contribution is 6.36. The van der Waals surface area contributed by atoms with Crippen molar-refractivity contribution in [3.05, 3.63) is 124 Å². The molecule has 1 saturated carbocycles. The zero-order valence-electron chi connectivity index (χ0n) is 28.1. The summed E-state index contributed by atoms with van der Waals surface area (Å²) in [5.41, 5.74) is 4.15. The Labute approximate surface area is 309 Å². The lowest BCUT2D eigenvalue weighted by Gasteiger charge is -2.50. The van der Waals surface area contributed by atoms with Crippen LogP contribution >= 0.6 is 23.2 Å². The second-order valence-electron chi connectivity index (χ2n) is 13.5. The number of halogens is 2. The van der Waals surface area contributed by atoms with E-state index < -0.39 is 46.8 Å². The van der Waals surface area contributed by atoms with Crippen molar-refractivity contribution >= 4 is 58.2 Å². The summed E-state index contributed by atoms with van der Waals surface area (Å²) < 4.78 is 11.0. The standard InChI is InChI=1S/C40H33Cl2N3O7/c1-51-25-12-9-22(10-13-25)40-29(37(48)45(39(40)50)43-31-16-11-23(41)19-30(31)42)20-28-26(35(40)21-8-17-32(46)33(18-21)52-2)14-15-27-34(28)38(49)44(36(27)47)24-6-4-3-5-7-24/h3-14,16-19,27-29,34-35,43,46H,15,20H2,1-2H3. The SMILES string of the molecule is COc1ccc(C23C(=O)N(Nc4ccc(Cl)cc4Cl)C(=O)C2CC2C(=CCC4C(=O)N(c5ccccc5)C(=O)C42)C3c2ccc(O)c(OC)c2)cc1. The molecule has 6 unspecified atom stereocenters. The maximum atomic E-state index is 15.4. The van der Waals surface area contributed by atoms with Crippen LogP contribution in [-0.4, -0.2) is 48.0 Å². The number of rotatable bonds is 7. The number of fused-ring (bicyclic) bond motifs is 4. The molecule has 2 saturated heterocycles. The second-order valence-corrected chi connectivity index (χ2v) is 14.3. The van der Waals surface area contributed by atoms with Gasteiger partial charge in [0.25, 0.3) is 11.8 Å². The molecule has 3 fully saturated rings. The van der Waals surface area contributed by atoms with Crippen LogP contribution in [-0.2, 0) is 24.6 Å². The van der Waals surface area contributed by atoms with Gasteiger partial charge in [-0.3, -0.25) is 29.5 Å². The summed E-state index contributed by atoms with van der Waals surface area (Å²) in [6, 6.07) is 25.4. The van der Waals surface area contributed by atoms with Gasteiger partial charge in [-0.1, -0.05) is 71.2 Å². The van der Waals surface area contributed by atoms with E-state index in [2.05, 4.69) is 5.43 Å². The van der Waals surface area contributed by atoms with Gasteiger partial charge in [0.15, 0.2) is 11.5 Å². The molecule has 0 bridgehead atoms. The Hall–Kier alpha value is -5.32. The number of nitrogens with zero attached hydrogens (tertiary/aromatic N) is 2. The fourth-order valence-electron chi connectivity index (χ4n) is 8.92. The fourth-order valence-corrected chi connectivity index (χ4v) is 9.37. The van der Waals surface area contributed by atoms with Gasteiger partial charge in [-0.25, -0.2) is 0 Å². The molecule has 4 aromatic carbocycles. The summed E-state index contributed by atoms with van der Waals surface area (Å²) in [4.78, 5) is 59.9. The van der Waals surface area contributed by atoms with E-state index >= 15 is 4.79 Å². The van der Waals surface area contributed by atoms with E-state index in [1.807, 2.05) is 12.1 Å². The third kappa shape index (κ3) is 4.92. The van der Waals surface area contributed by atoms with Crippen molar-refractivity contribution in [2.75, 3.05) is 24.5 Å². The zero-order valence-corrected chi connectivity index (χ0v) is 29.6. The quantitative estimate of drug-likeness (QED) is 0.155. The molecule has 2 aliphatic carbocycles. The van der Waals surface area contributed by atoms with Crippen molar-refractivity contribution in [1.29, 1.82) is 0 Å². The molecule has 0 radical (unpaired) electrons. The first-order valence-electron chi connectivity index (χ1n) is 16.8. The van der Waals surface area contributed by atoms with Gasteiger partial charge in [0.2, 0.25) is 11.8 Å². The van der Waals surface area contributed by atoms with E-state index in [1.54, 1.807) is 79.9 Å². The molecule has 6 atom stereocenters. The number of hydrogen-bond acceptors (Lipinski definition) is 8. The number of hydrazine groups is 1. The number of para-hydroxylation sites is 1. The second kappa shape index (κ2) is 12.7. The number of ether oxygens (including phenoxy) is 2. The predicted molar refractivity (Wildman–Crippen MR) is 194 cm³/mol. The number of methoxy groups -OCH3 is 2. The number of phenols is 1. The largest absolute Gasteiger partial charge is 0.504 e. The first kappa shape index (κ1) is 33.8. The molecule has 12 heteroatoms. The van der Waals surface area contributed by atoms with E-state index in [9.17, 15) is 19.5 Å². The minimum absolute atomic E-state index is 0.101. The molecule has 4 amide bonds. The minimum Gasteiger partial charge on any atom is -0.504 e. The Morgan fingerprint density at radius 1 is 0.827 bits per heavy atom. The highest BCUT2D eigenvalue weighted by Crippen LogP contribution is 2.64. The van der Waals surface area contributed by atoms with Crippen molar-refractivity contribution in [3.8, 4) is 17.2 Å². The van der Waals surface area contributed by atoms with Crippen LogP contribution in [0, 0.1) is 23.7 Å². The average molecular weight is 739 g/mol. The number of allylic oxidation sites excluding steroid dienone is 2. The zero-order chi connectivity index (χ0) is 36.5. The Kier molecular flexibility index (Phi) is 8.27. The van der Waals surface area contributed by atoms with Crippen molar-refractivity contribution in [2.45, 2.75) is 24.2 Å². The highest BCUT2D eigenvalue weighted by atomic mass is 35.5. The molecule has 0 spiro atoms. The van der Waals surface area contributed by atoms with Crippen LogP contribution in [0.4, 0.5) is 11.4 Å². The molecule has 2 N–H and O–H groups in total. The van der Waals surface area contributed by atoms with Gasteiger partial charge in [-0.05, 0) is 84.5 Å². The summed E-state index contributed by atoms with van der Waals surface area (Å²) in [6.45, 7) is 0. The average Bonchev–Trinajstić information content (AvgIpc) is 3.54. The van der Waals surface area contributed by atoms with E-state index in [0.717, 1.165) is 10.6 Å². The molecular formula is C40H33Cl2N3O7. The third-order valence-corrected chi connectivity index (χ3v) is 11.7. The Balaban J connectivity index is 1.35. The van der Waals surface area contributed by atoms with E-state index in [1.165, 1.54) is 24.1 Å². The van der Waals surface area contributed by atoms with Crippen LogP contribution in [0.2, 0.25) is 10.0 Å². The van der Waals surface area contributed by atoms with Gasteiger partial charge in [0.1, 0.15) is 5.75 Å². The molecule has 4 aromatic rings. The van der Waals surface area contributed by atoms with Crippen LogP contribution in [0.3, 0.4) is 0 Å². The normalized spacial score (nSPS) is 26.5. The maximum absolute atomic E-state index is 15.4. The topological polar surface area (TPSA) is 125 Å². The van der Waals surface area contributed by atoms with Crippen LogP contribution in [0.15, 0.2) is 103 Å². The lowest BCUT2D eigenvalue weighted by molar-refractivity contribution is -0.138. The Bertz CT molecular complexity index is 2180. The number of carbonyl (C=O) groups is 4. The fraction of sp³-hybridized carbons (Fsp3) is 0.250. The summed E-state index contributed by atoms with van der Waals surface area (Å²) in [5, 5.41) is 12.3. The number of benzene rings is 4. The lowest BCUT2D eigenvalue weighted by atomic mass is 9.49. The molecule has 2 aliphatic heterocycles. The summed E-state index contributed by atoms with van der Waals surface area (Å²) in [6.07, 6.45) is 2.36. The highest BCUT2D eigenvalue weighted by Gasteiger charge is 2.70. The predicted octanol–water partition coefficient (Wildman–Crippen LogP) is 6.91. The van der Waals surface area contributed by atoms with Gasteiger partial charge in [0, 0.05) is 10.9 Å². The Morgan fingerprint density at radius 3 is 2.27 bits per heavy atom. The Morgan fingerprint density at radius 2 is 1.58 bits per heavy atom. The van der Waals surface area contributed by atoms with E-state index in [0.29, 0.717) is 33.3 Å². The third-order valence-electron chi connectivity index (χ3n) is 11.1. The number of hydrogen-bond donors (Lipinski definition) is 2. The van der Waals surface area contributed by atoms with Crippen LogP contribution < -0.4 is 19.8 Å². The number of amides is 4. The van der Waals surface area contributed by atoms with Crippen molar-refractivity contribution < 1.29 is 33.8 Å². The maximum Gasteiger partial charge on any atom is 0.260 e. The van der Waals surface area contributed by atoms with E-state index in [-0.39, 0.29) is 41.2 Å². The summed E-state index contributed by atoms with van der Waals surface area (Å²) >= 11 is 12.7. The van der Waals surface area contributed by atoms with E-state index in [4.69, 9.17) is 32.7 Å². The molecular weight excluding hydrogens is 705 g/mol. The molecule has 10 nitrogen and oxygen atoms in total. The summed E-state index contributed by atoms with van der Waals surface area (Å²) in [7, 11) is 2.97. The first-order chi connectivity index (χ1) is 25.1. The smallest absolute Gasteiger partial charge is 0.260 e. The van der Waals surface area contributed by atoms with Gasteiger partial charge in [0.05, 0.1) is 53.8 Å². The number of imide groups is 2. The first-order valence-corrected chi connectivity index (χ1v) is 17.6.